The summed E-state index contributed by atoms with van der Waals surface area (Å²) >= 11 is 0. The van der Waals surface area contributed by atoms with Gasteiger partial charge < -0.3 is 5.32 Å². The van der Waals surface area contributed by atoms with Crippen molar-refractivity contribution in [3.05, 3.63) is 11.6 Å². The SMILES string of the molecule is CCCCS(=O)(=O)NCC1=CCNCC1. The van der Waals surface area contributed by atoms with Gasteiger partial charge in [-0.25, -0.2) is 13.1 Å². The predicted molar refractivity (Wildman–Crippen MR) is 62.3 cm³/mol. The topological polar surface area (TPSA) is 58.2 Å². The molecule has 0 atom stereocenters. The van der Waals surface area contributed by atoms with Gasteiger partial charge in [0.25, 0.3) is 0 Å². The second-order valence-corrected chi connectivity index (χ2v) is 5.74. The molecule has 0 aromatic rings. The van der Waals surface area contributed by atoms with Gasteiger partial charge in [-0.05, 0) is 19.4 Å². The Kier molecular flexibility index (Phi) is 5.28. The Labute approximate surface area is 92.2 Å². The van der Waals surface area contributed by atoms with E-state index in [1.54, 1.807) is 0 Å². The normalized spacial score (nSPS) is 17.5. The van der Waals surface area contributed by atoms with Crippen LogP contribution in [0, 0.1) is 0 Å². The van der Waals surface area contributed by atoms with Gasteiger partial charge in [0.2, 0.25) is 10.0 Å². The van der Waals surface area contributed by atoms with Crippen LogP contribution >= 0.6 is 0 Å². The second kappa shape index (κ2) is 6.25. The van der Waals surface area contributed by atoms with Gasteiger partial charge >= 0.3 is 0 Å². The monoisotopic (exact) mass is 232 g/mol. The van der Waals surface area contributed by atoms with Crippen LogP contribution in [0.5, 0.6) is 0 Å². The first-order valence-electron chi connectivity index (χ1n) is 5.50. The Morgan fingerprint density at radius 2 is 2.33 bits per heavy atom. The molecule has 4 nitrogen and oxygen atoms in total. The van der Waals surface area contributed by atoms with E-state index in [1.807, 2.05) is 6.92 Å². The smallest absolute Gasteiger partial charge is 0.211 e. The summed E-state index contributed by atoms with van der Waals surface area (Å²) in [6.07, 6.45) is 4.64. The highest BCUT2D eigenvalue weighted by Gasteiger charge is 2.10. The number of hydrogen-bond donors (Lipinski definition) is 2. The zero-order valence-corrected chi connectivity index (χ0v) is 10.1. The molecule has 0 aromatic heterocycles. The second-order valence-electron chi connectivity index (χ2n) is 3.81. The third-order valence-electron chi connectivity index (χ3n) is 2.44. The lowest BCUT2D eigenvalue weighted by molar-refractivity contribution is 0.579. The summed E-state index contributed by atoms with van der Waals surface area (Å²) in [7, 11) is -3.05. The van der Waals surface area contributed by atoms with Crippen molar-refractivity contribution in [1.82, 2.24) is 10.0 Å². The fraction of sp³-hybridized carbons (Fsp3) is 0.800. The van der Waals surface area contributed by atoms with Crippen molar-refractivity contribution in [2.75, 3.05) is 25.4 Å². The summed E-state index contributed by atoms with van der Waals surface area (Å²) in [5.41, 5.74) is 1.19. The lowest BCUT2D eigenvalue weighted by Gasteiger charge is -2.14. The highest BCUT2D eigenvalue weighted by molar-refractivity contribution is 7.89. The minimum atomic E-state index is -3.05. The summed E-state index contributed by atoms with van der Waals surface area (Å²) in [6, 6.07) is 0. The van der Waals surface area contributed by atoms with E-state index in [4.69, 9.17) is 0 Å². The van der Waals surface area contributed by atoms with Crippen LogP contribution in [0.15, 0.2) is 11.6 Å². The minimum Gasteiger partial charge on any atom is -0.313 e. The Hall–Kier alpha value is -0.390. The van der Waals surface area contributed by atoms with E-state index in [9.17, 15) is 8.42 Å². The standard InChI is InChI=1S/C10H20N2O2S/c1-2-3-8-15(13,14)12-9-10-4-6-11-7-5-10/h4,11-12H,2-3,5-9H2,1H3. The molecule has 1 aliphatic rings. The maximum Gasteiger partial charge on any atom is 0.211 e. The molecule has 1 heterocycles. The number of sulfonamides is 1. The largest absolute Gasteiger partial charge is 0.313 e. The molecule has 0 fully saturated rings. The molecule has 0 aromatic carbocycles. The molecule has 1 aliphatic heterocycles. The van der Waals surface area contributed by atoms with Crippen molar-refractivity contribution in [2.45, 2.75) is 26.2 Å². The summed E-state index contributed by atoms with van der Waals surface area (Å²) in [5, 5.41) is 3.19. The highest BCUT2D eigenvalue weighted by Crippen LogP contribution is 2.03. The molecule has 5 heteroatoms. The molecule has 1 rings (SSSR count). The molecule has 0 saturated heterocycles. The van der Waals surface area contributed by atoms with Crippen LogP contribution in [0.25, 0.3) is 0 Å². The summed E-state index contributed by atoms with van der Waals surface area (Å²) < 4.78 is 25.6. The van der Waals surface area contributed by atoms with E-state index in [1.165, 1.54) is 5.57 Å². The first kappa shape index (κ1) is 12.7. The lowest BCUT2D eigenvalue weighted by atomic mass is 10.1. The Morgan fingerprint density at radius 3 is 2.93 bits per heavy atom. The lowest BCUT2D eigenvalue weighted by Crippen LogP contribution is -2.31. The van der Waals surface area contributed by atoms with Gasteiger partial charge in [-0.15, -0.1) is 0 Å². The van der Waals surface area contributed by atoms with E-state index in [2.05, 4.69) is 16.1 Å². The number of nitrogens with one attached hydrogen (secondary N) is 2. The molecule has 88 valence electrons. The van der Waals surface area contributed by atoms with Crippen molar-refractivity contribution in [3.63, 3.8) is 0 Å². The number of hydrogen-bond acceptors (Lipinski definition) is 3. The van der Waals surface area contributed by atoms with Crippen LogP contribution in [0.4, 0.5) is 0 Å². The quantitative estimate of drug-likeness (QED) is 0.660. The van der Waals surface area contributed by atoms with Gasteiger partial charge in [0.05, 0.1) is 5.75 Å². The van der Waals surface area contributed by atoms with Gasteiger partial charge in [0, 0.05) is 13.1 Å². The molecule has 0 spiro atoms. The third-order valence-corrected chi connectivity index (χ3v) is 3.85. The summed E-state index contributed by atoms with van der Waals surface area (Å²) in [5.74, 6) is 0.245. The van der Waals surface area contributed by atoms with Crippen molar-refractivity contribution in [3.8, 4) is 0 Å². The van der Waals surface area contributed by atoms with Crippen molar-refractivity contribution < 1.29 is 8.42 Å². The Bertz CT molecular complexity index is 309. The average Bonchev–Trinajstić information content (AvgIpc) is 2.25. The first-order chi connectivity index (χ1) is 7.14. The van der Waals surface area contributed by atoms with E-state index in [-0.39, 0.29) is 5.75 Å². The number of rotatable bonds is 6. The molecule has 0 bridgehead atoms. The van der Waals surface area contributed by atoms with E-state index >= 15 is 0 Å². The Morgan fingerprint density at radius 1 is 1.53 bits per heavy atom. The van der Waals surface area contributed by atoms with Gasteiger partial charge in [-0.1, -0.05) is 25.0 Å². The van der Waals surface area contributed by atoms with E-state index in [0.29, 0.717) is 6.54 Å². The molecule has 0 unspecified atom stereocenters. The van der Waals surface area contributed by atoms with Crippen LogP contribution in [0.2, 0.25) is 0 Å². The van der Waals surface area contributed by atoms with Crippen molar-refractivity contribution in [1.29, 1.82) is 0 Å². The first-order valence-corrected chi connectivity index (χ1v) is 7.15. The van der Waals surface area contributed by atoms with Crippen LogP contribution in [0.3, 0.4) is 0 Å². The van der Waals surface area contributed by atoms with Gasteiger partial charge in [0.1, 0.15) is 0 Å². The fourth-order valence-electron chi connectivity index (χ4n) is 1.44. The third kappa shape index (κ3) is 5.30. The van der Waals surface area contributed by atoms with Crippen LogP contribution < -0.4 is 10.0 Å². The van der Waals surface area contributed by atoms with Crippen LogP contribution in [0.1, 0.15) is 26.2 Å². The zero-order chi connectivity index (χ0) is 11.1. The maximum atomic E-state index is 11.5. The molecular formula is C10H20N2O2S. The van der Waals surface area contributed by atoms with Gasteiger partial charge in [-0.3, -0.25) is 0 Å². The summed E-state index contributed by atoms with van der Waals surface area (Å²) in [6.45, 7) is 4.27. The molecule has 0 amide bonds. The predicted octanol–water partition coefficient (Wildman–Crippen LogP) is 0.626. The minimum absolute atomic E-state index is 0.245. The fourth-order valence-corrected chi connectivity index (χ4v) is 2.66. The van der Waals surface area contributed by atoms with Gasteiger partial charge in [-0.2, -0.15) is 0 Å². The molecule has 0 radical (unpaired) electrons. The molecular weight excluding hydrogens is 212 g/mol. The van der Waals surface area contributed by atoms with Crippen LogP contribution in [-0.2, 0) is 10.0 Å². The zero-order valence-electron chi connectivity index (χ0n) is 9.25. The van der Waals surface area contributed by atoms with Crippen LogP contribution in [-0.4, -0.2) is 33.8 Å². The molecule has 0 saturated carbocycles. The van der Waals surface area contributed by atoms with Crippen molar-refractivity contribution in [2.24, 2.45) is 0 Å². The maximum absolute atomic E-state index is 11.5. The van der Waals surface area contributed by atoms with Crippen molar-refractivity contribution >= 4 is 10.0 Å². The van der Waals surface area contributed by atoms with Gasteiger partial charge in [0.15, 0.2) is 0 Å². The Balaban J connectivity index is 2.31. The molecule has 2 N–H and O–H groups in total. The number of unbranched alkanes of at least 4 members (excludes halogenated alkanes) is 1. The van der Waals surface area contributed by atoms with E-state index in [0.717, 1.165) is 32.4 Å². The molecule has 15 heavy (non-hydrogen) atoms. The molecule has 0 aliphatic carbocycles. The summed E-state index contributed by atoms with van der Waals surface area (Å²) in [4.78, 5) is 0. The highest BCUT2D eigenvalue weighted by atomic mass is 32.2. The van der Waals surface area contributed by atoms with E-state index < -0.39 is 10.0 Å². The average molecular weight is 232 g/mol.